The van der Waals surface area contributed by atoms with Gasteiger partial charge in [0, 0.05) is 49.5 Å². The molecule has 63 heavy (non-hydrogen) atoms. The summed E-state index contributed by atoms with van der Waals surface area (Å²) in [6, 6.07) is 68.8. The van der Waals surface area contributed by atoms with Crippen molar-refractivity contribution in [2.24, 2.45) is 0 Å². The number of oxazole rings is 1. The molecule has 0 aliphatic carbocycles. The van der Waals surface area contributed by atoms with Crippen LogP contribution in [0.25, 0.3) is 128 Å². The summed E-state index contributed by atoms with van der Waals surface area (Å²) in [6.07, 6.45) is 0. The summed E-state index contributed by atoms with van der Waals surface area (Å²) in [6.45, 7) is 0. The average Bonchev–Trinajstić information content (AvgIpc) is 4.06. The number of nitrogens with zero attached hydrogens (tertiary/aromatic N) is 5. The van der Waals surface area contributed by atoms with Crippen molar-refractivity contribution in [3.63, 3.8) is 0 Å². The van der Waals surface area contributed by atoms with E-state index in [4.69, 9.17) is 28.8 Å². The van der Waals surface area contributed by atoms with Gasteiger partial charge < -0.3 is 13.4 Å². The first-order valence-corrected chi connectivity index (χ1v) is 21.0. The van der Waals surface area contributed by atoms with Gasteiger partial charge in [0.1, 0.15) is 16.7 Å². The predicted molar refractivity (Wildman–Crippen MR) is 254 cm³/mol. The predicted octanol–water partition coefficient (Wildman–Crippen LogP) is 14.5. The molecule has 7 nitrogen and oxygen atoms in total. The first kappa shape index (κ1) is 35.1. The summed E-state index contributed by atoms with van der Waals surface area (Å²) >= 11 is 0. The fourth-order valence-electron chi connectivity index (χ4n) is 9.10. The topological polar surface area (TPSA) is 82.8 Å². The highest BCUT2D eigenvalue weighted by atomic mass is 16.3. The zero-order valence-corrected chi connectivity index (χ0v) is 33.6. The second kappa shape index (κ2) is 13.9. The van der Waals surface area contributed by atoms with E-state index in [9.17, 15) is 0 Å². The van der Waals surface area contributed by atoms with Crippen molar-refractivity contribution in [2.45, 2.75) is 0 Å². The Balaban J connectivity index is 0.966. The summed E-state index contributed by atoms with van der Waals surface area (Å²) in [5, 5.41) is 6.79. The largest absolute Gasteiger partial charge is 0.456 e. The third-order valence-electron chi connectivity index (χ3n) is 12.1. The number of para-hydroxylation sites is 1. The van der Waals surface area contributed by atoms with Crippen LogP contribution in [0.2, 0.25) is 0 Å². The molecule has 0 fully saturated rings. The lowest BCUT2D eigenvalue weighted by Crippen LogP contribution is -2.00. The zero-order valence-electron chi connectivity index (χ0n) is 33.6. The van der Waals surface area contributed by atoms with E-state index in [2.05, 4.69) is 120 Å². The molecule has 0 atom stereocenters. The highest BCUT2D eigenvalue weighted by molar-refractivity contribution is 6.25. The van der Waals surface area contributed by atoms with Crippen molar-refractivity contribution in [1.82, 2.24) is 24.5 Å². The van der Waals surface area contributed by atoms with Crippen molar-refractivity contribution in [3.05, 3.63) is 200 Å². The van der Waals surface area contributed by atoms with Crippen LogP contribution in [0.4, 0.5) is 0 Å². The van der Waals surface area contributed by atoms with Crippen LogP contribution in [-0.4, -0.2) is 24.5 Å². The van der Waals surface area contributed by atoms with E-state index >= 15 is 0 Å². The lowest BCUT2D eigenvalue weighted by atomic mass is 10.0. The van der Waals surface area contributed by atoms with Crippen molar-refractivity contribution in [2.75, 3.05) is 0 Å². The molecule has 0 N–H and O–H groups in total. The number of rotatable bonds is 6. The zero-order chi connectivity index (χ0) is 41.4. The normalized spacial score (nSPS) is 11.8. The fraction of sp³-hybridized carbons (Fsp3) is 0. The molecule has 0 amide bonds. The van der Waals surface area contributed by atoms with Gasteiger partial charge in [0.25, 0.3) is 0 Å². The van der Waals surface area contributed by atoms with Gasteiger partial charge in [-0.3, -0.25) is 0 Å². The van der Waals surface area contributed by atoms with Gasteiger partial charge in [0.05, 0.1) is 11.0 Å². The first-order chi connectivity index (χ1) is 31.2. The maximum absolute atomic E-state index is 6.71. The highest BCUT2D eigenvalue weighted by Gasteiger charge is 2.22. The lowest BCUT2D eigenvalue weighted by molar-refractivity contribution is 0.621. The van der Waals surface area contributed by atoms with Gasteiger partial charge >= 0.3 is 0 Å². The molecule has 0 spiro atoms. The highest BCUT2D eigenvalue weighted by Crippen LogP contribution is 2.42. The van der Waals surface area contributed by atoms with E-state index in [1.807, 2.05) is 84.9 Å². The van der Waals surface area contributed by atoms with Crippen LogP contribution >= 0.6 is 0 Å². The average molecular weight is 808 g/mol. The monoisotopic (exact) mass is 807 g/mol. The number of fused-ring (bicyclic) bond motifs is 10. The summed E-state index contributed by atoms with van der Waals surface area (Å²) in [5.41, 5.74) is 11.9. The van der Waals surface area contributed by atoms with Gasteiger partial charge in [0.2, 0.25) is 5.89 Å². The van der Waals surface area contributed by atoms with E-state index in [0.29, 0.717) is 23.4 Å². The smallest absolute Gasteiger partial charge is 0.227 e. The van der Waals surface area contributed by atoms with Gasteiger partial charge in [-0.2, -0.15) is 0 Å². The molecule has 0 aliphatic heterocycles. The van der Waals surface area contributed by atoms with Gasteiger partial charge in [-0.05, 0) is 88.6 Å². The first-order valence-electron chi connectivity index (χ1n) is 21.0. The second-order valence-corrected chi connectivity index (χ2v) is 15.8. The minimum atomic E-state index is 0.571. The Hall–Kier alpha value is -8.68. The summed E-state index contributed by atoms with van der Waals surface area (Å²) in [4.78, 5) is 20.2. The number of aromatic nitrogens is 5. The molecule has 0 saturated carbocycles. The number of benzene rings is 9. The van der Waals surface area contributed by atoms with Gasteiger partial charge in [0.15, 0.2) is 23.1 Å². The van der Waals surface area contributed by atoms with Crippen LogP contribution in [-0.2, 0) is 0 Å². The molecule has 4 heterocycles. The Morgan fingerprint density at radius 1 is 0.365 bits per heavy atom. The molecule has 0 aliphatic rings. The Kier molecular flexibility index (Phi) is 7.77. The molecule has 0 bridgehead atoms. The summed E-state index contributed by atoms with van der Waals surface area (Å²) in [7, 11) is 0. The van der Waals surface area contributed by atoms with Crippen LogP contribution in [0.5, 0.6) is 0 Å². The molecule has 13 aromatic rings. The maximum Gasteiger partial charge on any atom is 0.227 e. The van der Waals surface area contributed by atoms with Crippen molar-refractivity contribution >= 4 is 65.6 Å². The molecule has 294 valence electrons. The van der Waals surface area contributed by atoms with Gasteiger partial charge in [-0.25, -0.2) is 19.9 Å². The van der Waals surface area contributed by atoms with Crippen molar-refractivity contribution < 1.29 is 8.83 Å². The molecular formula is C56H33N5O2. The third kappa shape index (κ3) is 5.75. The van der Waals surface area contributed by atoms with E-state index in [1.54, 1.807) is 0 Å². The summed E-state index contributed by atoms with van der Waals surface area (Å²) in [5.74, 6) is 2.34. The van der Waals surface area contributed by atoms with E-state index in [1.165, 1.54) is 16.2 Å². The van der Waals surface area contributed by atoms with Crippen molar-refractivity contribution in [3.8, 4) is 62.4 Å². The molecule has 7 heteroatoms. The van der Waals surface area contributed by atoms with E-state index in [0.717, 1.165) is 88.5 Å². The van der Waals surface area contributed by atoms with Crippen LogP contribution in [0, 0.1) is 0 Å². The SMILES string of the molecule is c1ccc(-c2nc(-c3cccc(-c4cccc(-n5c6ccc7ccccc7c6c6ccc7nc(-c8ccccc8)oc7c65)c4)c3)nc(-c3ccc4c(c3)oc3ccccc34)n2)cc1. The van der Waals surface area contributed by atoms with Crippen LogP contribution in [0.1, 0.15) is 0 Å². The van der Waals surface area contributed by atoms with Crippen molar-refractivity contribution in [1.29, 1.82) is 0 Å². The third-order valence-corrected chi connectivity index (χ3v) is 12.1. The van der Waals surface area contributed by atoms with Gasteiger partial charge in [-0.15, -0.1) is 0 Å². The number of hydrogen-bond donors (Lipinski definition) is 0. The van der Waals surface area contributed by atoms with Crippen LogP contribution in [0.3, 0.4) is 0 Å². The number of hydrogen-bond acceptors (Lipinski definition) is 6. The summed E-state index contributed by atoms with van der Waals surface area (Å²) < 4.78 is 15.3. The van der Waals surface area contributed by atoms with Crippen LogP contribution < -0.4 is 0 Å². The Morgan fingerprint density at radius 3 is 1.81 bits per heavy atom. The molecule has 13 rings (SSSR count). The van der Waals surface area contributed by atoms with Crippen LogP contribution in [0.15, 0.2) is 209 Å². The number of furan rings is 1. The molecule has 0 radical (unpaired) electrons. The van der Waals surface area contributed by atoms with E-state index < -0.39 is 0 Å². The minimum absolute atomic E-state index is 0.571. The molecule has 4 aromatic heterocycles. The molecule has 0 unspecified atom stereocenters. The Bertz CT molecular complexity index is 3920. The minimum Gasteiger partial charge on any atom is -0.456 e. The lowest BCUT2D eigenvalue weighted by Gasteiger charge is -2.12. The fourth-order valence-corrected chi connectivity index (χ4v) is 9.10. The van der Waals surface area contributed by atoms with E-state index in [-0.39, 0.29) is 0 Å². The van der Waals surface area contributed by atoms with Gasteiger partial charge in [-0.1, -0.05) is 133 Å². The standard InChI is InChI=1S/C56H33N5O2/c1-3-14-35(15-4-1)53-58-54(60-55(59-53)40-25-27-44-43-23-9-10-24-48(43)62-49(44)33-40)39-20-11-18-37(31-39)38-19-12-21-41(32-38)61-47-30-26-34-13-7-8-22-42(34)50(47)45-28-29-46-52(51(45)61)63-56(57-46)36-16-5-2-6-17-36/h1-33H. The maximum atomic E-state index is 6.71. The molecule has 9 aromatic carbocycles. The Morgan fingerprint density at radius 2 is 0.984 bits per heavy atom. The Labute approximate surface area is 360 Å². The second-order valence-electron chi connectivity index (χ2n) is 15.8. The quantitative estimate of drug-likeness (QED) is 0.166. The molecule has 0 saturated heterocycles. The molecular weight excluding hydrogens is 775 g/mol.